The number of aliphatic hydroxyl groups is 1. The van der Waals surface area contributed by atoms with E-state index < -0.39 is 11.4 Å². The molecule has 0 aliphatic carbocycles. The highest BCUT2D eigenvalue weighted by molar-refractivity contribution is 6.33. The van der Waals surface area contributed by atoms with E-state index in [1.807, 2.05) is 36.4 Å². The SMILES string of the molecule is CC(C)(O)C(=O)c1oc2nc(-c3ccccc3Cl)c(-c3ccc(Cl)cc3)cc2c1N1CCCC1=O. The fourth-order valence-electron chi connectivity index (χ4n) is 4.30. The van der Waals surface area contributed by atoms with Gasteiger partial charge in [0.1, 0.15) is 11.3 Å². The van der Waals surface area contributed by atoms with Gasteiger partial charge in [0, 0.05) is 34.1 Å². The normalized spacial score (nSPS) is 14.2. The Kier molecular flexibility index (Phi) is 5.91. The van der Waals surface area contributed by atoms with Crippen LogP contribution < -0.4 is 4.90 Å². The van der Waals surface area contributed by atoms with Gasteiger partial charge in [-0.3, -0.25) is 9.59 Å². The minimum absolute atomic E-state index is 0.0892. The van der Waals surface area contributed by atoms with E-state index in [1.54, 1.807) is 23.1 Å². The van der Waals surface area contributed by atoms with Crippen LogP contribution >= 0.6 is 23.2 Å². The van der Waals surface area contributed by atoms with Gasteiger partial charge < -0.3 is 14.4 Å². The lowest BCUT2D eigenvalue weighted by molar-refractivity contribution is -0.117. The monoisotopic (exact) mass is 508 g/mol. The zero-order valence-corrected chi connectivity index (χ0v) is 20.7. The van der Waals surface area contributed by atoms with Gasteiger partial charge in [-0.15, -0.1) is 0 Å². The third kappa shape index (κ3) is 4.22. The molecule has 4 aromatic rings. The van der Waals surface area contributed by atoms with Gasteiger partial charge in [-0.25, -0.2) is 4.98 Å². The number of benzene rings is 2. The summed E-state index contributed by atoms with van der Waals surface area (Å²) in [5.74, 6) is -0.827. The van der Waals surface area contributed by atoms with E-state index in [1.165, 1.54) is 13.8 Å². The van der Waals surface area contributed by atoms with Crippen LogP contribution in [0.15, 0.2) is 59.0 Å². The van der Waals surface area contributed by atoms with Crippen LogP contribution in [0.3, 0.4) is 0 Å². The molecule has 35 heavy (non-hydrogen) atoms. The van der Waals surface area contributed by atoms with Crippen molar-refractivity contribution in [3.8, 4) is 22.4 Å². The standard InChI is InChI=1S/C27H22Cl2N2O4/c1-27(2,34)25(33)24-23(31-13-5-8-21(31)32)19-14-18(15-9-11-16(28)12-10-15)22(30-26(19)35-24)17-6-3-4-7-20(17)29/h3-4,6-7,9-12,14,34H,5,8,13H2,1-2H3. The molecule has 0 unspecified atom stereocenters. The van der Waals surface area contributed by atoms with E-state index in [9.17, 15) is 14.7 Å². The minimum atomic E-state index is -1.70. The number of Topliss-reactive ketones (excluding diaryl/α,β-unsaturated/α-hetero) is 1. The highest BCUT2D eigenvalue weighted by Crippen LogP contribution is 2.43. The lowest BCUT2D eigenvalue weighted by atomic mass is 9.97. The molecule has 1 amide bonds. The number of halogens is 2. The van der Waals surface area contributed by atoms with Crippen molar-refractivity contribution in [1.82, 2.24) is 4.98 Å². The first-order valence-corrected chi connectivity index (χ1v) is 12.0. The molecule has 178 valence electrons. The van der Waals surface area contributed by atoms with Crippen LogP contribution in [0.1, 0.15) is 37.2 Å². The van der Waals surface area contributed by atoms with Crippen LogP contribution in [0.2, 0.25) is 10.0 Å². The molecule has 0 saturated carbocycles. The third-order valence-corrected chi connectivity index (χ3v) is 6.63. The number of carbonyl (C=O) groups excluding carboxylic acids is 2. The Hall–Kier alpha value is -3.19. The largest absolute Gasteiger partial charge is 0.432 e. The van der Waals surface area contributed by atoms with Gasteiger partial charge in [0.2, 0.25) is 17.4 Å². The van der Waals surface area contributed by atoms with Crippen molar-refractivity contribution in [2.45, 2.75) is 32.3 Å². The van der Waals surface area contributed by atoms with Crippen molar-refractivity contribution in [2.75, 3.05) is 11.4 Å². The molecule has 8 heteroatoms. The number of carbonyl (C=O) groups is 2. The lowest BCUT2D eigenvalue weighted by Crippen LogP contribution is -2.33. The maximum absolute atomic E-state index is 13.2. The number of furan rings is 1. The Labute approximate surface area is 212 Å². The first-order valence-electron chi connectivity index (χ1n) is 11.2. The summed E-state index contributed by atoms with van der Waals surface area (Å²) in [6, 6.07) is 16.5. The molecule has 2 aromatic heterocycles. The number of ketones is 1. The molecule has 0 atom stereocenters. The molecule has 1 aliphatic rings. The Balaban J connectivity index is 1.85. The van der Waals surface area contributed by atoms with Crippen LogP contribution in [0.5, 0.6) is 0 Å². The van der Waals surface area contributed by atoms with Gasteiger partial charge in [0.25, 0.3) is 0 Å². The summed E-state index contributed by atoms with van der Waals surface area (Å²) in [7, 11) is 0. The van der Waals surface area contributed by atoms with Crippen LogP contribution in [-0.4, -0.2) is 33.9 Å². The van der Waals surface area contributed by atoms with Gasteiger partial charge >= 0.3 is 0 Å². The van der Waals surface area contributed by atoms with E-state index >= 15 is 0 Å². The molecular weight excluding hydrogens is 487 g/mol. The predicted octanol–water partition coefficient (Wildman–Crippen LogP) is 6.55. The Bertz CT molecular complexity index is 1470. The Morgan fingerprint density at radius 3 is 2.43 bits per heavy atom. The van der Waals surface area contributed by atoms with E-state index in [0.29, 0.717) is 51.8 Å². The topological polar surface area (TPSA) is 83.6 Å². The molecule has 0 radical (unpaired) electrons. The number of anilines is 1. The van der Waals surface area contributed by atoms with Crippen molar-refractivity contribution in [3.63, 3.8) is 0 Å². The van der Waals surface area contributed by atoms with E-state index in [4.69, 9.17) is 32.6 Å². The molecule has 1 N–H and O–H groups in total. The Morgan fingerprint density at radius 1 is 1.09 bits per heavy atom. The van der Waals surface area contributed by atoms with E-state index in [0.717, 1.165) is 11.1 Å². The second-order valence-electron chi connectivity index (χ2n) is 9.04. The highest BCUT2D eigenvalue weighted by Gasteiger charge is 2.37. The molecule has 6 nitrogen and oxygen atoms in total. The van der Waals surface area contributed by atoms with Gasteiger partial charge in [0.05, 0.1) is 11.1 Å². The lowest BCUT2D eigenvalue weighted by Gasteiger charge is -2.19. The van der Waals surface area contributed by atoms with Crippen LogP contribution in [0.4, 0.5) is 5.69 Å². The number of aromatic nitrogens is 1. The molecular formula is C27H22Cl2N2O4. The second-order valence-corrected chi connectivity index (χ2v) is 9.88. The molecule has 1 saturated heterocycles. The van der Waals surface area contributed by atoms with Crippen LogP contribution in [0, 0.1) is 0 Å². The summed E-state index contributed by atoms with van der Waals surface area (Å²) in [5.41, 5.74) is 1.62. The van der Waals surface area contributed by atoms with Gasteiger partial charge in [-0.05, 0) is 50.1 Å². The van der Waals surface area contributed by atoms with Crippen molar-refractivity contribution < 1.29 is 19.1 Å². The number of amides is 1. The second kappa shape index (κ2) is 8.79. The number of rotatable bonds is 5. The molecule has 3 heterocycles. The first kappa shape index (κ1) is 23.5. The Morgan fingerprint density at radius 2 is 1.80 bits per heavy atom. The number of nitrogens with zero attached hydrogens (tertiary/aromatic N) is 2. The summed E-state index contributed by atoms with van der Waals surface area (Å²) in [6.07, 6.45) is 1.04. The summed E-state index contributed by atoms with van der Waals surface area (Å²) < 4.78 is 5.98. The molecule has 5 rings (SSSR count). The third-order valence-electron chi connectivity index (χ3n) is 6.05. The summed E-state index contributed by atoms with van der Waals surface area (Å²) in [5, 5.41) is 12.1. The fraction of sp³-hybridized carbons (Fsp3) is 0.222. The van der Waals surface area contributed by atoms with Gasteiger partial charge in [-0.1, -0.05) is 53.5 Å². The smallest absolute Gasteiger partial charge is 0.231 e. The molecule has 0 bridgehead atoms. The summed E-state index contributed by atoms with van der Waals surface area (Å²) in [6.45, 7) is 3.22. The maximum Gasteiger partial charge on any atom is 0.231 e. The summed E-state index contributed by atoms with van der Waals surface area (Å²) in [4.78, 5) is 32.2. The first-order chi connectivity index (χ1) is 16.6. The summed E-state index contributed by atoms with van der Waals surface area (Å²) >= 11 is 12.7. The fourth-order valence-corrected chi connectivity index (χ4v) is 4.65. The van der Waals surface area contributed by atoms with E-state index in [2.05, 4.69) is 0 Å². The number of hydrogen-bond donors (Lipinski definition) is 1. The minimum Gasteiger partial charge on any atom is -0.432 e. The van der Waals surface area contributed by atoms with Crippen molar-refractivity contribution in [1.29, 1.82) is 0 Å². The zero-order chi connectivity index (χ0) is 24.9. The molecule has 0 spiro atoms. The number of hydrogen-bond acceptors (Lipinski definition) is 5. The highest BCUT2D eigenvalue weighted by atomic mass is 35.5. The predicted molar refractivity (Wildman–Crippen MR) is 137 cm³/mol. The van der Waals surface area contributed by atoms with E-state index in [-0.39, 0.29) is 17.4 Å². The molecule has 2 aromatic carbocycles. The van der Waals surface area contributed by atoms with Gasteiger partial charge in [0.15, 0.2) is 5.76 Å². The van der Waals surface area contributed by atoms with Crippen molar-refractivity contribution in [2.24, 2.45) is 0 Å². The quantitative estimate of drug-likeness (QED) is 0.309. The molecule has 1 fully saturated rings. The van der Waals surface area contributed by atoms with Gasteiger partial charge in [-0.2, -0.15) is 0 Å². The zero-order valence-electron chi connectivity index (χ0n) is 19.1. The number of pyridine rings is 1. The van der Waals surface area contributed by atoms with Crippen LogP contribution in [-0.2, 0) is 4.79 Å². The maximum atomic E-state index is 13.2. The van der Waals surface area contributed by atoms with Crippen molar-refractivity contribution >= 4 is 51.7 Å². The average Bonchev–Trinajstić information content (AvgIpc) is 3.40. The average molecular weight is 509 g/mol. The van der Waals surface area contributed by atoms with Crippen molar-refractivity contribution in [3.05, 3.63) is 70.4 Å². The number of fused-ring (bicyclic) bond motifs is 1. The molecule has 1 aliphatic heterocycles. The van der Waals surface area contributed by atoms with Crippen LogP contribution in [0.25, 0.3) is 33.5 Å².